The lowest BCUT2D eigenvalue weighted by atomic mass is 10.0. The van der Waals surface area contributed by atoms with Crippen LogP contribution in [0.5, 0.6) is 0 Å². The van der Waals surface area contributed by atoms with Crippen LogP contribution >= 0.6 is 11.8 Å². The smallest absolute Gasteiger partial charge is 0.326 e. The van der Waals surface area contributed by atoms with Crippen LogP contribution in [-0.2, 0) is 9.59 Å². The number of halogens is 2. The second-order valence-corrected chi connectivity index (χ2v) is 6.15. The van der Waals surface area contributed by atoms with Gasteiger partial charge in [-0.25, -0.2) is 13.6 Å². The molecule has 4 nitrogen and oxygen atoms in total. The van der Waals surface area contributed by atoms with Gasteiger partial charge in [-0.2, -0.15) is 0 Å². The Morgan fingerprint density at radius 1 is 1.23 bits per heavy atom. The van der Waals surface area contributed by atoms with E-state index in [0.29, 0.717) is 5.92 Å². The first kappa shape index (κ1) is 18.4. The Morgan fingerprint density at radius 3 is 2.27 bits per heavy atom. The van der Waals surface area contributed by atoms with Gasteiger partial charge in [-0.05, 0) is 23.6 Å². The van der Waals surface area contributed by atoms with Crippen LogP contribution in [0.25, 0.3) is 0 Å². The van der Waals surface area contributed by atoms with Crippen molar-refractivity contribution in [2.24, 2.45) is 0 Å². The highest BCUT2D eigenvalue weighted by atomic mass is 32.2. The lowest BCUT2D eigenvalue weighted by molar-refractivity contribution is -0.142. The molecule has 1 amide bonds. The number of carbonyl (C=O) groups excluding carboxylic acids is 1. The fourth-order valence-corrected chi connectivity index (χ4v) is 2.44. The van der Waals surface area contributed by atoms with Crippen LogP contribution < -0.4 is 5.32 Å². The quantitative estimate of drug-likeness (QED) is 0.718. The van der Waals surface area contributed by atoms with Gasteiger partial charge in [-0.1, -0.05) is 26.0 Å². The van der Waals surface area contributed by atoms with Gasteiger partial charge in [-0.15, -0.1) is 11.8 Å². The highest BCUT2D eigenvalue weighted by molar-refractivity contribution is 8.00. The fraction of sp³-hybridized carbons (Fsp3) is 0.467. The molecule has 1 aromatic rings. The zero-order valence-corrected chi connectivity index (χ0v) is 13.2. The Kier molecular flexibility index (Phi) is 7.31. The summed E-state index contributed by atoms with van der Waals surface area (Å²) in [6, 6.07) is 6.11. The van der Waals surface area contributed by atoms with Crippen molar-refractivity contribution in [3.05, 3.63) is 29.8 Å². The molecule has 1 unspecified atom stereocenters. The molecule has 0 bridgehead atoms. The van der Waals surface area contributed by atoms with Gasteiger partial charge < -0.3 is 10.4 Å². The molecule has 1 aromatic carbocycles. The van der Waals surface area contributed by atoms with Gasteiger partial charge in [0.05, 0.1) is 5.75 Å². The molecule has 0 spiro atoms. The van der Waals surface area contributed by atoms with E-state index in [1.165, 1.54) is 17.3 Å². The van der Waals surface area contributed by atoms with Crippen molar-refractivity contribution in [1.29, 1.82) is 0 Å². The predicted octanol–water partition coefficient (Wildman–Crippen LogP) is 3.13. The van der Waals surface area contributed by atoms with E-state index in [-0.39, 0.29) is 5.75 Å². The lowest BCUT2D eigenvalue weighted by Crippen LogP contribution is -2.42. The number of benzene rings is 1. The van der Waals surface area contributed by atoms with Crippen LogP contribution in [0.2, 0.25) is 0 Å². The third kappa shape index (κ3) is 6.43. The first-order chi connectivity index (χ1) is 10.3. The number of thioether (sulfide) groups is 1. The standard InChI is InChI=1S/C15H19F2NO3S/c1-9(2)10-3-5-11(6-4-10)22-8-14(19)18-12(15(20)21)7-13(16)17/h3-6,9,12-13H,7-8H2,1-2H3,(H,18,19)(H,20,21). The van der Waals surface area contributed by atoms with Gasteiger partial charge >= 0.3 is 5.97 Å². The summed E-state index contributed by atoms with van der Waals surface area (Å²) in [6.07, 6.45) is -3.67. The summed E-state index contributed by atoms with van der Waals surface area (Å²) in [5.41, 5.74) is 1.18. The number of hydrogen-bond acceptors (Lipinski definition) is 3. The second kappa shape index (κ2) is 8.73. The summed E-state index contributed by atoms with van der Waals surface area (Å²) < 4.78 is 24.5. The van der Waals surface area contributed by atoms with E-state index < -0.39 is 30.8 Å². The van der Waals surface area contributed by atoms with Gasteiger partial charge in [0.1, 0.15) is 6.04 Å². The molecule has 0 aliphatic heterocycles. The minimum Gasteiger partial charge on any atom is -0.480 e. The van der Waals surface area contributed by atoms with Crippen LogP contribution in [0.4, 0.5) is 8.78 Å². The molecule has 7 heteroatoms. The van der Waals surface area contributed by atoms with E-state index in [0.717, 1.165) is 4.90 Å². The first-order valence-corrected chi connectivity index (χ1v) is 7.81. The maximum absolute atomic E-state index is 12.2. The number of carboxylic acid groups (broad SMARTS) is 1. The van der Waals surface area contributed by atoms with Crippen molar-refractivity contribution >= 4 is 23.6 Å². The number of hydrogen-bond donors (Lipinski definition) is 2. The molecular formula is C15H19F2NO3S. The number of nitrogens with one attached hydrogen (secondary N) is 1. The largest absolute Gasteiger partial charge is 0.480 e. The van der Waals surface area contributed by atoms with Crippen LogP contribution in [0.1, 0.15) is 31.7 Å². The van der Waals surface area contributed by atoms with E-state index in [1.54, 1.807) is 0 Å². The molecule has 2 N–H and O–H groups in total. The van der Waals surface area contributed by atoms with E-state index in [4.69, 9.17) is 5.11 Å². The molecule has 0 heterocycles. The van der Waals surface area contributed by atoms with E-state index in [1.807, 2.05) is 24.3 Å². The zero-order chi connectivity index (χ0) is 16.7. The molecule has 0 saturated carbocycles. The summed E-state index contributed by atoms with van der Waals surface area (Å²) in [4.78, 5) is 23.3. The average Bonchev–Trinajstić information content (AvgIpc) is 2.44. The van der Waals surface area contributed by atoms with Gasteiger partial charge in [0.25, 0.3) is 0 Å². The number of amides is 1. The normalized spacial score (nSPS) is 12.5. The van der Waals surface area contributed by atoms with Crippen molar-refractivity contribution in [2.75, 3.05) is 5.75 Å². The maximum atomic E-state index is 12.2. The first-order valence-electron chi connectivity index (χ1n) is 6.82. The highest BCUT2D eigenvalue weighted by Gasteiger charge is 2.23. The van der Waals surface area contributed by atoms with Crippen molar-refractivity contribution in [1.82, 2.24) is 5.32 Å². The minimum absolute atomic E-state index is 0.0198. The Bertz CT molecular complexity index is 506. The second-order valence-electron chi connectivity index (χ2n) is 5.10. The number of aliphatic carboxylic acids is 1. The summed E-state index contributed by atoms with van der Waals surface area (Å²) in [7, 11) is 0. The minimum atomic E-state index is -2.78. The Balaban J connectivity index is 2.49. The zero-order valence-electron chi connectivity index (χ0n) is 12.4. The number of rotatable bonds is 8. The summed E-state index contributed by atoms with van der Waals surface area (Å²) in [5.74, 6) is -1.65. The van der Waals surface area contributed by atoms with Crippen LogP contribution in [0.3, 0.4) is 0 Å². The Labute approximate surface area is 132 Å². The van der Waals surface area contributed by atoms with Gasteiger partial charge in [0.15, 0.2) is 0 Å². The molecule has 0 fully saturated rings. The van der Waals surface area contributed by atoms with Crippen molar-refractivity contribution in [2.45, 2.75) is 43.5 Å². The average molecular weight is 331 g/mol. The summed E-state index contributed by atoms with van der Waals surface area (Å²) in [6.45, 7) is 4.15. The number of alkyl halides is 2. The topological polar surface area (TPSA) is 66.4 Å². The van der Waals surface area contributed by atoms with E-state index >= 15 is 0 Å². The highest BCUT2D eigenvalue weighted by Crippen LogP contribution is 2.21. The van der Waals surface area contributed by atoms with Gasteiger partial charge in [0.2, 0.25) is 12.3 Å². The molecule has 0 radical (unpaired) electrons. The molecule has 122 valence electrons. The lowest BCUT2D eigenvalue weighted by Gasteiger charge is -2.13. The molecular weight excluding hydrogens is 312 g/mol. The molecule has 0 saturated heterocycles. The SMILES string of the molecule is CC(C)c1ccc(SCC(=O)NC(CC(F)F)C(=O)O)cc1. The van der Waals surface area contributed by atoms with E-state index in [2.05, 4.69) is 19.2 Å². The number of carbonyl (C=O) groups is 2. The third-order valence-corrected chi connectivity index (χ3v) is 3.98. The third-order valence-electron chi connectivity index (χ3n) is 2.96. The molecule has 22 heavy (non-hydrogen) atoms. The summed E-state index contributed by atoms with van der Waals surface area (Å²) >= 11 is 1.23. The molecule has 1 atom stereocenters. The van der Waals surface area contributed by atoms with Crippen LogP contribution in [-0.4, -0.2) is 35.2 Å². The van der Waals surface area contributed by atoms with E-state index in [9.17, 15) is 18.4 Å². The monoisotopic (exact) mass is 331 g/mol. The molecule has 0 aromatic heterocycles. The van der Waals surface area contributed by atoms with Crippen molar-refractivity contribution in [3.63, 3.8) is 0 Å². The Morgan fingerprint density at radius 2 is 1.82 bits per heavy atom. The van der Waals surface area contributed by atoms with Crippen LogP contribution in [0, 0.1) is 0 Å². The molecule has 0 aliphatic rings. The Hall–Kier alpha value is -1.63. The van der Waals surface area contributed by atoms with Gasteiger partial charge in [-0.3, -0.25) is 4.79 Å². The maximum Gasteiger partial charge on any atom is 0.326 e. The predicted molar refractivity (Wildman–Crippen MR) is 81.4 cm³/mol. The van der Waals surface area contributed by atoms with Crippen molar-refractivity contribution < 1.29 is 23.5 Å². The summed E-state index contributed by atoms with van der Waals surface area (Å²) in [5, 5.41) is 10.9. The molecule has 0 aliphatic carbocycles. The van der Waals surface area contributed by atoms with Crippen molar-refractivity contribution in [3.8, 4) is 0 Å². The number of carboxylic acids is 1. The fourth-order valence-electron chi connectivity index (χ4n) is 1.73. The van der Waals surface area contributed by atoms with Gasteiger partial charge in [0, 0.05) is 11.3 Å². The molecule has 1 rings (SSSR count). The van der Waals surface area contributed by atoms with Crippen LogP contribution in [0.15, 0.2) is 29.2 Å².